The Labute approximate surface area is 167 Å². The zero-order chi connectivity index (χ0) is 19.6. The number of aromatic nitrogens is 1. The second kappa shape index (κ2) is 10.6. The highest BCUT2D eigenvalue weighted by Gasteiger charge is 2.15. The van der Waals surface area contributed by atoms with Crippen molar-refractivity contribution in [3.8, 4) is 0 Å². The van der Waals surface area contributed by atoms with E-state index in [1.807, 2.05) is 35.4 Å². The minimum absolute atomic E-state index is 0.308. The number of guanidine groups is 1. The maximum Gasteiger partial charge on any atom is 0.222 e. The number of nitrogens with zero attached hydrogens (tertiary/aromatic N) is 3. The van der Waals surface area contributed by atoms with Gasteiger partial charge in [-0.05, 0) is 43.9 Å². The van der Waals surface area contributed by atoms with Gasteiger partial charge in [-0.1, -0.05) is 24.6 Å². The molecular weight excluding hydrogens is 350 g/mol. The van der Waals surface area contributed by atoms with Gasteiger partial charge in [0.15, 0.2) is 5.96 Å². The van der Waals surface area contributed by atoms with E-state index in [0.29, 0.717) is 18.9 Å². The molecule has 1 saturated heterocycles. The van der Waals surface area contributed by atoms with E-state index in [1.165, 1.54) is 6.42 Å². The summed E-state index contributed by atoms with van der Waals surface area (Å²) in [6, 6.07) is 10.2. The van der Waals surface area contributed by atoms with Crippen molar-refractivity contribution in [1.29, 1.82) is 0 Å². The van der Waals surface area contributed by atoms with E-state index < -0.39 is 0 Å². The predicted molar refractivity (Wildman–Crippen MR) is 114 cm³/mol. The van der Waals surface area contributed by atoms with E-state index in [0.717, 1.165) is 67.9 Å². The van der Waals surface area contributed by atoms with Crippen LogP contribution in [0.15, 0.2) is 41.5 Å². The minimum Gasteiger partial charge on any atom is -0.357 e. The molecule has 2 aromatic rings. The van der Waals surface area contributed by atoms with Crippen LogP contribution in [-0.2, 0) is 11.3 Å². The van der Waals surface area contributed by atoms with Crippen molar-refractivity contribution in [2.24, 2.45) is 4.99 Å². The summed E-state index contributed by atoms with van der Waals surface area (Å²) in [5, 5.41) is 7.84. The van der Waals surface area contributed by atoms with Crippen molar-refractivity contribution >= 4 is 22.8 Å². The van der Waals surface area contributed by atoms with Crippen LogP contribution in [0.2, 0.25) is 0 Å². The average Bonchev–Trinajstić information content (AvgIpc) is 2.93. The van der Waals surface area contributed by atoms with Gasteiger partial charge >= 0.3 is 0 Å². The topological polar surface area (TPSA) is 69.6 Å². The molecule has 1 fully saturated rings. The second-order valence-electron chi connectivity index (χ2n) is 7.15. The normalized spacial score (nSPS) is 15.5. The molecule has 0 atom stereocenters. The van der Waals surface area contributed by atoms with Gasteiger partial charge in [-0.3, -0.25) is 9.78 Å². The highest BCUT2D eigenvalue weighted by molar-refractivity contribution is 5.83. The monoisotopic (exact) mass is 381 g/mol. The fraction of sp³-hybridized carbons (Fsp3) is 0.500. The number of hydrogen-bond acceptors (Lipinski definition) is 3. The van der Waals surface area contributed by atoms with Gasteiger partial charge in [-0.25, -0.2) is 4.99 Å². The molecule has 1 aliphatic rings. The molecule has 150 valence electrons. The number of para-hydroxylation sites is 1. The molecule has 1 aromatic carbocycles. The van der Waals surface area contributed by atoms with Crippen LogP contribution in [0.5, 0.6) is 0 Å². The van der Waals surface area contributed by atoms with Gasteiger partial charge in [0, 0.05) is 44.2 Å². The number of benzene rings is 1. The van der Waals surface area contributed by atoms with Crippen LogP contribution in [0.25, 0.3) is 10.9 Å². The van der Waals surface area contributed by atoms with Gasteiger partial charge in [0.1, 0.15) is 0 Å². The number of fused-ring (bicyclic) bond motifs is 1. The largest absolute Gasteiger partial charge is 0.357 e. The second-order valence-corrected chi connectivity index (χ2v) is 7.15. The van der Waals surface area contributed by atoms with E-state index in [2.05, 4.69) is 28.6 Å². The van der Waals surface area contributed by atoms with Crippen molar-refractivity contribution in [1.82, 2.24) is 20.5 Å². The summed E-state index contributed by atoms with van der Waals surface area (Å²) in [6.07, 6.45) is 6.80. The Morgan fingerprint density at radius 1 is 1.18 bits per heavy atom. The van der Waals surface area contributed by atoms with E-state index >= 15 is 0 Å². The first-order chi connectivity index (χ1) is 13.8. The Balaban J connectivity index is 1.53. The lowest BCUT2D eigenvalue weighted by Gasteiger charge is -2.20. The van der Waals surface area contributed by atoms with E-state index in [9.17, 15) is 4.79 Å². The third-order valence-electron chi connectivity index (χ3n) is 5.06. The maximum absolute atomic E-state index is 12.1. The zero-order valence-corrected chi connectivity index (χ0v) is 16.8. The van der Waals surface area contributed by atoms with Crippen molar-refractivity contribution in [3.05, 3.63) is 42.1 Å². The predicted octanol–water partition coefficient (Wildman–Crippen LogP) is 3.08. The van der Waals surface area contributed by atoms with Crippen LogP contribution in [0, 0.1) is 0 Å². The van der Waals surface area contributed by atoms with Crippen LogP contribution in [-0.4, -0.2) is 47.9 Å². The van der Waals surface area contributed by atoms with E-state index in [4.69, 9.17) is 4.99 Å². The smallest absolute Gasteiger partial charge is 0.222 e. The molecule has 1 amide bonds. The Bertz CT molecular complexity index is 799. The molecule has 6 heteroatoms. The lowest BCUT2D eigenvalue weighted by molar-refractivity contribution is -0.130. The molecule has 0 unspecified atom stereocenters. The van der Waals surface area contributed by atoms with Gasteiger partial charge in [-0.15, -0.1) is 0 Å². The third-order valence-corrected chi connectivity index (χ3v) is 5.06. The van der Waals surface area contributed by atoms with Crippen LogP contribution in [0.1, 0.15) is 44.6 Å². The van der Waals surface area contributed by atoms with Crippen LogP contribution in [0.3, 0.4) is 0 Å². The summed E-state index contributed by atoms with van der Waals surface area (Å²) in [6.45, 7) is 6.00. The van der Waals surface area contributed by atoms with Crippen molar-refractivity contribution < 1.29 is 4.79 Å². The molecule has 3 rings (SSSR count). The molecule has 2 N–H and O–H groups in total. The van der Waals surface area contributed by atoms with Crippen LogP contribution >= 0.6 is 0 Å². The van der Waals surface area contributed by atoms with Gasteiger partial charge in [0.2, 0.25) is 5.91 Å². The maximum atomic E-state index is 12.1. The number of rotatable bonds is 7. The molecule has 28 heavy (non-hydrogen) atoms. The first-order valence-electron chi connectivity index (χ1n) is 10.4. The lowest BCUT2D eigenvalue weighted by atomic mass is 10.1. The number of carbonyl (C=O) groups excluding carboxylic acids is 1. The van der Waals surface area contributed by atoms with E-state index in [-0.39, 0.29) is 0 Å². The summed E-state index contributed by atoms with van der Waals surface area (Å²) < 4.78 is 0. The van der Waals surface area contributed by atoms with Gasteiger partial charge < -0.3 is 15.5 Å². The highest BCUT2D eigenvalue weighted by atomic mass is 16.2. The summed E-state index contributed by atoms with van der Waals surface area (Å²) in [4.78, 5) is 23.2. The molecule has 6 nitrogen and oxygen atoms in total. The fourth-order valence-electron chi connectivity index (χ4n) is 3.55. The summed E-state index contributed by atoms with van der Waals surface area (Å²) >= 11 is 0. The Hall–Kier alpha value is -2.63. The lowest BCUT2D eigenvalue weighted by Crippen LogP contribution is -2.39. The number of pyridine rings is 1. The van der Waals surface area contributed by atoms with Crippen molar-refractivity contribution in [3.63, 3.8) is 0 Å². The number of amides is 1. The highest BCUT2D eigenvalue weighted by Crippen LogP contribution is 2.16. The number of carbonyl (C=O) groups is 1. The first-order valence-corrected chi connectivity index (χ1v) is 10.4. The van der Waals surface area contributed by atoms with Crippen LogP contribution in [0.4, 0.5) is 0 Å². The first kappa shape index (κ1) is 20.1. The molecule has 0 bridgehead atoms. The van der Waals surface area contributed by atoms with Gasteiger partial charge in [-0.2, -0.15) is 0 Å². The number of likely N-dealkylation sites (tertiary alicyclic amines) is 1. The molecule has 1 aromatic heterocycles. The van der Waals surface area contributed by atoms with Gasteiger partial charge in [0.05, 0.1) is 12.1 Å². The van der Waals surface area contributed by atoms with Gasteiger partial charge in [0.25, 0.3) is 0 Å². The van der Waals surface area contributed by atoms with Crippen molar-refractivity contribution in [2.75, 3.05) is 26.2 Å². The SMILES string of the molecule is CCNC(=NCc1ccnc2ccccc12)NCCCN1CCCCCC1=O. The number of nitrogens with one attached hydrogen (secondary N) is 2. The van der Waals surface area contributed by atoms with E-state index in [1.54, 1.807) is 0 Å². The molecule has 0 spiro atoms. The molecule has 0 radical (unpaired) electrons. The summed E-state index contributed by atoms with van der Waals surface area (Å²) in [5.41, 5.74) is 2.16. The quantitative estimate of drug-likeness (QED) is 0.439. The zero-order valence-electron chi connectivity index (χ0n) is 16.8. The molecule has 1 aliphatic heterocycles. The molecular formula is C22H31N5O. The summed E-state index contributed by atoms with van der Waals surface area (Å²) in [7, 11) is 0. The minimum atomic E-state index is 0.308. The molecule has 0 aliphatic carbocycles. The number of hydrogen-bond donors (Lipinski definition) is 2. The third kappa shape index (κ3) is 5.68. The van der Waals surface area contributed by atoms with Crippen molar-refractivity contribution in [2.45, 2.75) is 45.6 Å². The van der Waals surface area contributed by atoms with Crippen LogP contribution < -0.4 is 10.6 Å². The fourth-order valence-corrected chi connectivity index (χ4v) is 3.55. The standard InChI is InChI=1S/C22H31N5O/c1-2-23-22(25-13-8-16-27-15-7-3-4-11-21(27)28)26-17-18-12-14-24-20-10-6-5-9-19(18)20/h5-6,9-10,12,14H,2-4,7-8,11,13,15-17H2,1H3,(H2,23,25,26). The Kier molecular flexibility index (Phi) is 7.64. The summed E-state index contributed by atoms with van der Waals surface area (Å²) in [5.74, 6) is 1.12. The average molecular weight is 382 g/mol. The number of aliphatic imine (C=N–C) groups is 1. The Morgan fingerprint density at radius 3 is 2.96 bits per heavy atom. The molecule has 2 heterocycles. The molecule has 0 saturated carbocycles. The Morgan fingerprint density at radius 2 is 2.07 bits per heavy atom.